The molecule has 0 bridgehead atoms. The quantitative estimate of drug-likeness (QED) is 0.745. The van der Waals surface area contributed by atoms with Crippen LogP contribution in [0.3, 0.4) is 0 Å². The van der Waals surface area contributed by atoms with Crippen LogP contribution in [0.2, 0.25) is 0 Å². The predicted octanol–water partition coefficient (Wildman–Crippen LogP) is 0.675. The summed E-state index contributed by atoms with van der Waals surface area (Å²) in [6.07, 6.45) is 2.40. The van der Waals surface area contributed by atoms with Crippen LogP contribution >= 0.6 is 0 Å². The molecule has 1 fully saturated rings. The average Bonchev–Trinajstić information content (AvgIpc) is 2.92. The molecule has 3 N–H and O–H groups in total. The van der Waals surface area contributed by atoms with Crippen LogP contribution in [0.15, 0.2) is 29.2 Å². The van der Waals surface area contributed by atoms with Gasteiger partial charge in [-0.3, -0.25) is 4.79 Å². The van der Waals surface area contributed by atoms with Gasteiger partial charge in [-0.25, -0.2) is 13.1 Å². The lowest BCUT2D eigenvalue weighted by molar-refractivity contribution is -0.116. The van der Waals surface area contributed by atoms with Gasteiger partial charge in [0.25, 0.3) is 0 Å². The molecule has 1 atom stereocenters. The van der Waals surface area contributed by atoms with Gasteiger partial charge >= 0.3 is 0 Å². The summed E-state index contributed by atoms with van der Waals surface area (Å²) in [6, 6.07) is 6.55. The number of benzene rings is 1. The highest BCUT2D eigenvalue weighted by Crippen LogP contribution is 2.21. The molecule has 1 aromatic rings. The van der Waals surface area contributed by atoms with Gasteiger partial charge < -0.3 is 10.6 Å². The minimum absolute atomic E-state index is 0.0789. The number of carbonyl (C=O) groups is 1. The standard InChI is InChI=1S/C13H19N3O3S/c1-14-20(18,19)12-7-3-2-6-11(12)16-13(17)9-10-5-4-8-15-10/h2-3,6-7,10,14-15H,4-5,8-9H2,1H3,(H,16,17). The highest BCUT2D eigenvalue weighted by molar-refractivity contribution is 7.89. The molecule has 6 nitrogen and oxygen atoms in total. The zero-order valence-corrected chi connectivity index (χ0v) is 12.2. The third kappa shape index (κ3) is 3.56. The normalized spacial score (nSPS) is 18.9. The Labute approximate surface area is 119 Å². The van der Waals surface area contributed by atoms with E-state index in [4.69, 9.17) is 0 Å². The highest BCUT2D eigenvalue weighted by Gasteiger charge is 2.20. The topological polar surface area (TPSA) is 87.3 Å². The number of para-hydroxylation sites is 1. The predicted molar refractivity (Wildman–Crippen MR) is 77.0 cm³/mol. The van der Waals surface area contributed by atoms with E-state index in [9.17, 15) is 13.2 Å². The monoisotopic (exact) mass is 297 g/mol. The van der Waals surface area contributed by atoms with E-state index in [-0.39, 0.29) is 16.8 Å². The molecule has 2 rings (SSSR count). The second-order valence-corrected chi connectivity index (χ2v) is 6.60. The highest BCUT2D eigenvalue weighted by atomic mass is 32.2. The number of carbonyl (C=O) groups excluding carboxylic acids is 1. The van der Waals surface area contributed by atoms with Crippen LogP contribution in [0.5, 0.6) is 0 Å². The van der Waals surface area contributed by atoms with Gasteiger partial charge in [-0.15, -0.1) is 0 Å². The second kappa shape index (κ2) is 6.34. The molecule has 0 aromatic heterocycles. The summed E-state index contributed by atoms with van der Waals surface area (Å²) in [7, 11) is -2.24. The third-order valence-corrected chi connectivity index (χ3v) is 4.79. The van der Waals surface area contributed by atoms with Crippen molar-refractivity contribution < 1.29 is 13.2 Å². The Morgan fingerprint density at radius 2 is 2.15 bits per heavy atom. The van der Waals surface area contributed by atoms with E-state index in [0.717, 1.165) is 19.4 Å². The van der Waals surface area contributed by atoms with Crippen molar-refractivity contribution in [2.24, 2.45) is 0 Å². The molecule has 20 heavy (non-hydrogen) atoms. The fourth-order valence-electron chi connectivity index (χ4n) is 2.27. The molecule has 1 aliphatic heterocycles. The first-order chi connectivity index (χ1) is 9.53. The fraction of sp³-hybridized carbons (Fsp3) is 0.462. The first kappa shape index (κ1) is 15.0. The summed E-state index contributed by atoms with van der Waals surface area (Å²) in [6.45, 7) is 0.933. The lowest BCUT2D eigenvalue weighted by Gasteiger charge is -2.13. The van der Waals surface area contributed by atoms with Crippen LogP contribution in [0, 0.1) is 0 Å². The molecule has 0 radical (unpaired) electrons. The number of sulfonamides is 1. The summed E-state index contributed by atoms with van der Waals surface area (Å²) in [5.41, 5.74) is 0.310. The van der Waals surface area contributed by atoms with Crippen LogP contribution in [0.4, 0.5) is 5.69 Å². The van der Waals surface area contributed by atoms with Crippen LogP contribution < -0.4 is 15.4 Å². The molecule has 1 unspecified atom stereocenters. The number of hydrogen-bond acceptors (Lipinski definition) is 4. The molecule has 1 aromatic carbocycles. The Morgan fingerprint density at radius 3 is 2.80 bits per heavy atom. The van der Waals surface area contributed by atoms with E-state index in [1.54, 1.807) is 18.2 Å². The molecule has 0 saturated carbocycles. The smallest absolute Gasteiger partial charge is 0.242 e. The van der Waals surface area contributed by atoms with Gasteiger partial charge in [-0.1, -0.05) is 12.1 Å². The van der Waals surface area contributed by atoms with Gasteiger partial charge in [0, 0.05) is 12.5 Å². The Balaban J connectivity index is 2.11. The van der Waals surface area contributed by atoms with Crippen LogP contribution in [0.25, 0.3) is 0 Å². The molecular weight excluding hydrogens is 278 g/mol. The van der Waals surface area contributed by atoms with E-state index in [1.807, 2.05) is 0 Å². The van der Waals surface area contributed by atoms with E-state index < -0.39 is 10.0 Å². The summed E-state index contributed by atoms with van der Waals surface area (Å²) in [5, 5.41) is 5.92. The van der Waals surface area contributed by atoms with E-state index in [2.05, 4.69) is 15.4 Å². The minimum atomic E-state index is -3.58. The van der Waals surface area contributed by atoms with Crippen molar-refractivity contribution in [3.05, 3.63) is 24.3 Å². The minimum Gasteiger partial charge on any atom is -0.325 e. The Morgan fingerprint density at radius 1 is 1.40 bits per heavy atom. The molecule has 1 heterocycles. The third-order valence-electron chi connectivity index (χ3n) is 3.31. The SMILES string of the molecule is CNS(=O)(=O)c1ccccc1NC(=O)CC1CCCN1. The van der Waals surface area contributed by atoms with Gasteiger partial charge in [0.1, 0.15) is 4.90 Å². The van der Waals surface area contributed by atoms with Crippen LogP contribution in [0.1, 0.15) is 19.3 Å². The van der Waals surface area contributed by atoms with Gasteiger partial charge in [0.15, 0.2) is 0 Å². The van der Waals surface area contributed by atoms with Crippen molar-refractivity contribution in [2.75, 3.05) is 18.9 Å². The molecule has 0 spiro atoms. The number of hydrogen-bond donors (Lipinski definition) is 3. The molecule has 0 aliphatic carbocycles. The first-order valence-corrected chi connectivity index (χ1v) is 8.07. The largest absolute Gasteiger partial charge is 0.325 e. The van der Waals surface area contributed by atoms with Crippen molar-refractivity contribution >= 4 is 21.6 Å². The van der Waals surface area contributed by atoms with Crippen LogP contribution in [-0.4, -0.2) is 34.0 Å². The maximum Gasteiger partial charge on any atom is 0.242 e. The van der Waals surface area contributed by atoms with Gasteiger partial charge in [0.2, 0.25) is 15.9 Å². The first-order valence-electron chi connectivity index (χ1n) is 6.59. The zero-order chi connectivity index (χ0) is 14.6. The fourth-order valence-corrected chi connectivity index (χ4v) is 3.16. The van der Waals surface area contributed by atoms with E-state index in [0.29, 0.717) is 12.1 Å². The van der Waals surface area contributed by atoms with Crippen molar-refractivity contribution in [1.82, 2.24) is 10.0 Å². The molecule has 7 heteroatoms. The zero-order valence-electron chi connectivity index (χ0n) is 11.3. The summed E-state index contributed by atoms with van der Waals surface area (Å²) in [5.74, 6) is -0.178. The average molecular weight is 297 g/mol. The maximum absolute atomic E-state index is 12.0. The second-order valence-electron chi connectivity index (χ2n) is 4.75. The number of anilines is 1. The van der Waals surface area contributed by atoms with Crippen molar-refractivity contribution in [3.8, 4) is 0 Å². The van der Waals surface area contributed by atoms with E-state index >= 15 is 0 Å². The summed E-state index contributed by atoms with van der Waals surface area (Å²) >= 11 is 0. The van der Waals surface area contributed by atoms with Crippen molar-refractivity contribution in [2.45, 2.75) is 30.2 Å². The van der Waals surface area contributed by atoms with Crippen molar-refractivity contribution in [3.63, 3.8) is 0 Å². The Kier molecular flexibility index (Phi) is 4.74. The Bertz CT molecular complexity index is 580. The molecule has 1 saturated heterocycles. The summed E-state index contributed by atoms with van der Waals surface area (Å²) < 4.78 is 26.0. The van der Waals surface area contributed by atoms with E-state index in [1.165, 1.54) is 13.1 Å². The van der Waals surface area contributed by atoms with Gasteiger partial charge in [-0.05, 0) is 38.6 Å². The lowest BCUT2D eigenvalue weighted by Crippen LogP contribution is -2.28. The summed E-state index contributed by atoms with van der Waals surface area (Å²) in [4.78, 5) is 12.0. The Hall–Kier alpha value is -1.44. The lowest BCUT2D eigenvalue weighted by atomic mass is 10.1. The van der Waals surface area contributed by atoms with Crippen molar-refractivity contribution in [1.29, 1.82) is 0 Å². The maximum atomic E-state index is 12.0. The van der Waals surface area contributed by atoms with Crippen LogP contribution in [-0.2, 0) is 14.8 Å². The van der Waals surface area contributed by atoms with Gasteiger partial charge in [-0.2, -0.15) is 0 Å². The number of amides is 1. The molecule has 110 valence electrons. The molecule has 1 aliphatic rings. The number of nitrogens with one attached hydrogen (secondary N) is 3. The van der Waals surface area contributed by atoms with Gasteiger partial charge in [0.05, 0.1) is 5.69 Å². The molecule has 1 amide bonds. The number of rotatable bonds is 5. The molecular formula is C13H19N3O3S.